The van der Waals surface area contributed by atoms with E-state index in [1.54, 1.807) is 0 Å². The van der Waals surface area contributed by atoms with E-state index in [1.165, 1.54) is 0 Å². The fraction of sp³-hybridized carbons (Fsp3) is 0.308. The van der Waals surface area contributed by atoms with E-state index in [-0.39, 0.29) is 19.1 Å². The molecule has 0 saturated carbocycles. The van der Waals surface area contributed by atoms with Crippen LogP contribution in [0.1, 0.15) is 5.56 Å². The molecular weight excluding hydrogens is 216 g/mol. The van der Waals surface area contributed by atoms with Gasteiger partial charge >= 0.3 is 0 Å². The zero-order valence-corrected chi connectivity index (χ0v) is 9.56. The van der Waals surface area contributed by atoms with Gasteiger partial charge in [0.25, 0.3) is 0 Å². The van der Waals surface area contributed by atoms with E-state index in [0.29, 0.717) is 6.54 Å². The third-order valence-electron chi connectivity index (χ3n) is 2.13. The SMILES string of the molecule is C#CCOC[C@@H](N)C(=O)NCc1ccccc1. The first-order valence-electron chi connectivity index (χ1n) is 5.32. The predicted molar refractivity (Wildman–Crippen MR) is 65.9 cm³/mol. The molecule has 1 atom stereocenters. The first-order chi connectivity index (χ1) is 8.24. The van der Waals surface area contributed by atoms with Gasteiger partial charge in [-0.2, -0.15) is 0 Å². The minimum atomic E-state index is -0.688. The molecule has 1 aromatic carbocycles. The van der Waals surface area contributed by atoms with Crippen LogP contribution in [0.5, 0.6) is 0 Å². The van der Waals surface area contributed by atoms with Gasteiger partial charge in [0.05, 0.1) is 6.61 Å². The number of carbonyl (C=O) groups is 1. The van der Waals surface area contributed by atoms with Crippen molar-refractivity contribution in [2.75, 3.05) is 13.2 Å². The van der Waals surface area contributed by atoms with Crippen molar-refractivity contribution < 1.29 is 9.53 Å². The summed E-state index contributed by atoms with van der Waals surface area (Å²) in [5.74, 6) is 2.07. The lowest BCUT2D eigenvalue weighted by Gasteiger charge is -2.11. The quantitative estimate of drug-likeness (QED) is 0.547. The Morgan fingerprint density at radius 1 is 1.47 bits per heavy atom. The molecule has 0 spiro atoms. The third kappa shape index (κ3) is 5.16. The molecule has 0 bridgehead atoms. The summed E-state index contributed by atoms with van der Waals surface area (Å²) >= 11 is 0. The highest BCUT2D eigenvalue weighted by Crippen LogP contribution is 1.97. The highest BCUT2D eigenvalue weighted by molar-refractivity contribution is 5.81. The maximum absolute atomic E-state index is 11.5. The average Bonchev–Trinajstić information content (AvgIpc) is 2.37. The van der Waals surface area contributed by atoms with E-state index in [0.717, 1.165) is 5.56 Å². The van der Waals surface area contributed by atoms with E-state index in [4.69, 9.17) is 16.9 Å². The summed E-state index contributed by atoms with van der Waals surface area (Å²) in [5, 5.41) is 2.73. The fourth-order valence-electron chi connectivity index (χ4n) is 1.24. The number of amides is 1. The van der Waals surface area contributed by atoms with Gasteiger partial charge in [-0.25, -0.2) is 0 Å². The number of nitrogens with one attached hydrogen (secondary N) is 1. The Labute approximate surface area is 101 Å². The second-order valence-electron chi connectivity index (χ2n) is 3.53. The predicted octanol–water partition coefficient (Wildman–Crippen LogP) is 0.280. The molecule has 1 aromatic rings. The van der Waals surface area contributed by atoms with Crippen molar-refractivity contribution in [1.29, 1.82) is 0 Å². The van der Waals surface area contributed by atoms with Gasteiger partial charge in [0.2, 0.25) is 5.91 Å². The smallest absolute Gasteiger partial charge is 0.239 e. The molecule has 90 valence electrons. The Balaban J connectivity index is 2.27. The molecule has 0 aromatic heterocycles. The number of benzene rings is 1. The molecular formula is C13H16N2O2. The van der Waals surface area contributed by atoms with E-state index < -0.39 is 6.04 Å². The number of rotatable bonds is 6. The van der Waals surface area contributed by atoms with Gasteiger partial charge in [0.15, 0.2) is 0 Å². The van der Waals surface area contributed by atoms with Crippen molar-refractivity contribution in [1.82, 2.24) is 5.32 Å². The van der Waals surface area contributed by atoms with Crippen LogP contribution in [0.2, 0.25) is 0 Å². The van der Waals surface area contributed by atoms with Crippen LogP contribution in [-0.4, -0.2) is 25.2 Å². The lowest BCUT2D eigenvalue weighted by Crippen LogP contribution is -2.43. The van der Waals surface area contributed by atoms with Crippen LogP contribution >= 0.6 is 0 Å². The Hall–Kier alpha value is -1.83. The molecule has 0 radical (unpaired) electrons. The number of terminal acetylenes is 1. The highest BCUT2D eigenvalue weighted by Gasteiger charge is 2.12. The van der Waals surface area contributed by atoms with E-state index >= 15 is 0 Å². The molecule has 1 rings (SSSR count). The van der Waals surface area contributed by atoms with Crippen molar-refractivity contribution in [3.63, 3.8) is 0 Å². The second-order valence-corrected chi connectivity index (χ2v) is 3.53. The van der Waals surface area contributed by atoms with Crippen LogP contribution in [0, 0.1) is 12.3 Å². The highest BCUT2D eigenvalue weighted by atomic mass is 16.5. The monoisotopic (exact) mass is 232 g/mol. The maximum atomic E-state index is 11.5. The first-order valence-corrected chi connectivity index (χ1v) is 5.32. The van der Waals surface area contributed by atoms with E-state index in [2.05, 4.69) is 11.2 Å². The topological polar surface area (TPSA) is 64.3 Å². The Kier molecular flexibility index (Phi) is 5.80. The van der Waals surface area contributed by atoms with E-state index in [1.807, 2.05) is 30.3 Å². The van der Waals surface area contributed by atoms with Crippen LogP contribution in [0.25, 0.3) is 0 Å². The number of ether oxygens (including phenoxy) is 1. The average molecular weight is 232 g/mol. The van der Waals surface area contributed by atoms with Gasteiger partial charge in [-0.15, -0.1) is 6.42 Å². The zero-order valence-electron chi connectivity index (χ0n) is 9.56. The standard InChI is InChI=1S/C13H16N2O2/c1-2-8-17-10-12(14)13(16)15-9-11-6-4-3-5-7-11/h1,3-7,12H,8-10,14H2,(H,15,16)/t12-/m1/s1. The molecule has 0 aliphatic rings. The lowest BCUT2D eigenvalue weighted by atomic mass is 10.2. The molecule has 0 saturated heterocycles. The van der Waals surface area contributed by atoms with Crippen LogP contribution < -0.4 is 11.1 Å². The molecule has 0 heterocycles. The molecule has 0 aliphatic heterocycles. The van der Waals surface area contributed by atoms with Gasteiger partial charge in [-0.05, 0) is 5.56 Å². The molecule has 1 amide bonds. The Morgan fingerprint density at radius 3 is 2.82 bits per heavy atom. The summed E-state index contributed by atoms with van der Waals surface area (Å²) in [5.41, 5.74) is 6.64. The first kappa shape index (κ1) is 13.2. The van der Waals surface area contributed by atoms with Crippen LogP contribution in [-0.2, 0) is 16.1 Å². The van der Waals surface area contributed by atoms with Gasteiger partial charge < -0.3 is 15.8 Å². The summed E-state index contributed by atoms with van der Waals surface area (Å²) < 4.78 is 5.00. The summed E-state index contributed by atoms with van der Waals surface area (Å²) in [4.78, 5) is 11.5. The van der Waals surface area contributed by atoms with Crippen molar-refractivity contribution in [2.24, 2.45) is 5.73 Å². The van der Waals surface area contributed by atoms with Crippen molar-refractivity contribution >= 4 is 5.91 Å². The van der Waals surface area contributed by atoms with Crippen LogP contribution in [0.3, 0.4) is 0 Å². The van der Waals surface area contributed by atoms with Gasteiger partial charge in [0, 0.05) is 6.54 Å². The molecule has 4 nitrogen and oxygen atoms in total. The van der Waals surface area contributed by atoms with Gasteiger partial charge in [0.1, 0.15) is 12.6 Å². The molecule has 0 unspecified atom stereocenters. The summed E-state index contributed by atoms with van der Waals surface area (Å²) in [6.45, 7) is 0.757. The molecule has 17 heavy (non-hydrogen) atoms. The van der Waals surface area contributed by atoms with E-state index in [9.17, 15) is 4.79 Å². The second kappa shape index (κ2) is 7.44. The fourth-order valence-corrected chi connectivity index (χ4v) is 1.24. The largest absolute Gasteiger partial charge is 0.367 e. The molecule has 0 fully saturated rings. The molecule has 3 N–H and O–H groups in total. The Bertz CT molecular complexity index is 384. The summed E-state index contributed by atoms with van der Waals surface area (Å²) in [7, 11) is 0. The van der Waals surface area contributed by atoms with Crippen LogP contribution in [0.4, 0.5) is 0 Å². The minimum Gasteiger partial charge on any atom is -0.367 e. The molecule has 0 aliphatic carbocycles. The van der Waals surface area contributed by atoms with Crippen LogP contribution in [0.15, 0.2) is 30.3 Å². The minimum absolute atomic E-state index is 0.130. The number of hydrogen-bond acceptors (Lipinski definition) is 3. The summed E-state index contributed by atoms with van der Waals surface area (Å²) in [6, 6.07) is 8.92. The number of hydrogen-bond donors (Lipinski definition) is 2. The lowest BCUT2D eigenvalue weighted by molar-refractivity contribution is -0.123. The number of nitrogens with two attached hydrogens (primary N) is 1. The summed E-state index contributed by atoms with van der Waals surface area (Å²) in [6.07, 6.45) is 5.01. The third-order valence-corrected chi connectivity index (χ3v) is 2.13. The molecule has 4 heteroatoms. The maximum Gasteiger partial charge on any atom is 0.239 e. The number of carbonyl (C=O) groups excluding carboxylic acids is 1. The zero-order chi connectivity index (χ0) is 12.5. The van der Waals surface area contributed by atoms with Gasteiger partial charge in [-0.3, -0.25) is 4.79 Å². The Morgan fingerprint density at radius 2 is 2.18 bits per heavy atom. The van der Waals surface area contributed by atoms with Crippen molar-refractivity contribution in [3.8, 4) is 12.3 Å². The van der Waals surface area contributed by atoms with Crippen molar-refractivity contribution in [2.45, 2.75) is 12.6 Å². The van der Waals surface area contributed by atoms with Crippen molar-refractivity contribution in [3.05, 3.63) is 35.9 Å². The normalized spacial score (nSPS) is 11.5. The van der Waals surface area contributed by atoms with Gasteiger partial charge in [-0.1, -0.05) is 36.3 Å².